The van der Waals surface area contributed by atoms with Crippen LogP contribution in [-0.2, 0) is 16.0 Å². The number of nitrogens with one attached hydrogen (secondary N) is 2. The van der Waals surface area contributed by atoms with E-state index in [-0.39, 0.29) is 11.4 Å². The molecule has 2 heterocycles. The van der Waals surface area contributed by atoms with Gasteiger partial charge in [-0.25, -0.2) is 4.39 Å². The highest BCUT2D eigenvalue weighted by Gasteiger charge is 2.24. The van der Waals surface area contributed by atoms with E-state index in [9.17, 15) is 9.59 Å². The topological polar surface area (TPSA) is 101 Å². The van der Waals surface area contributed by atoms with Gasteiger partial charge in [-0.1, -0.05) is 30.3 Å². The Balaban J connectivity index is 1.23. The van der Waals surface area contributed by atoms with Gasteiger partial charge in [0, 0.05) is 61.6 Å². The van der Waals surface area contributed by atoms with Gasteiger partial charge in [0.25, 0.3) is 0 Å². The monoisotopic (exact) mass is 560 g/mol. The summed E-state index contributed by atoms with van der Waals surface area (Å²) in [7, 11) is 3.65. The van der Waals surface area contributed by atoms with Crippen LogP contribution in [0.25, 0.3) is 5.76 Å². The van der Waals surface area contributed by atoms with Crippen LogP contribution < -0.4 is 35.4 Å². The summed E-state index contributed by atoms with van der Waals surface area (Å²) in [5.41, 5.74) is 1.19. The molecule has 0 radical (unpaired) electrons. The van der Waals surface area contributed by atoms with Crippen LogP contribution in [0.5, 0.6) is 17.2 Å². The molecule has 10 heteroatoms. The largest absolute Gasteiger partial charge is 0.493 e. The van der Waals surface area contributed by atoms with E-state index in [1.165, 1.54) is 12.1 Å². The van der Waals surface area contributed by atoms with Gasteiger partial charge >= 0.3 is 11.8 Å². The first-order valence-electron chi connectivity index (χ1n) is 13.6. The number of ether oxygens (including phenoxy) is 3. The van der Waals surface area contributed by atoms with Crippen molar-refractivity contribution in [1.29, 1.82) is 0 Å². The van der Waals surface area contributed by atoms with Gasteiger partial charge in [-0.3, -0.25) is 14.6 Å². The highest BCUT2D eigenvalue weighted by molar-refractivity contribution is 6.39. The Kier molecular flexibility index (Phi) is 8.79. The van der Waals surface area contributed by atoms with Crippen molar-refractivity contribution in [1.82, 2.24) is 10.2 Å². The minimum atomic E-state index is -0.877. The Bertz CT molecular complexity index is 1540. The summed E-state index contributed by atoms with van der Waals surface area (Å²) in [6.45, 7) is 3.38. The molecule has 2 aliphatic heterocycles. The van der Waals surface area contributed by atoms with E-state index in [0.29, 0.717) is 66.3 Å². The zero-order valence-electron chi connectivity index (χ0n) is 23.1. The second kappa shape index (κ2) is 12.8. The lowest BCUT2D eigenvalue weighted by atomic mass is 10.0. The molecule has 41 heavy (non-hydrogen) atoms. The first-order chi connectivity index (χ1) is 19.9. The van der Waals surface area contributed by atoms with Crippen molar-refractivity contribution in [3.63, 3.8) is 0 Å². The van der Waals surface area contributed by atoms with E-state index < -0.39 is 17.6 Å². The number of rotatable bonds is 10. The standard InChI is InChI=1S/C31H33FN4O5/c1-36-17-21(18-36)19-40-29-16-25-23(15-28(29)39-2)26(11-13-33-25)41-27-9-8-22(14-24(27)32)35-31(38)30(37)34-12-10-20-6-4-3-5-7-20/h3-9,14-16,21H,10-13,17-19H2,1-2H3,(H,34,37)(H,35,38). The normalized spacial score (nSPS) is 14.8. The predicted octanol–water partition coefficient (Wildman–Crippen LogP) is 2.28. The maximum Gasteiger partial charge on any atom is 0.313 e. The number of halogens is 1. The van der Waals surface area contributed by atoms with Crippen molar-refractivity contribution in [3.05, 3.63) is 82.6 Å². The smallest absolute Gasteiger partial charge is 0.313 e. The number of amides is 2. The fourth-order valence-electron chi connectivity index (χ4n) is 4.86. The third-order valence-corrected chi connectivity index (χ3v) is 6.99. The lowest BCUT2D eigenvalue weighted by molar-refractivity contribution is -0.136. The summed E-state index contributed by atoms with van der Waals surface area (Å²) in [4.78, 5) is 31.3. The SMILES string of the molecule is COc1cc2c(cc1OCC1CN(C)C1)=NCCC=2Oc1ccc(NC(=O)C(=O)NCCc2ccccc2)cc1F. The zero-order valence-corrected chi connectivity index (χ0v) is 23.1. The Labute approximate surface area is 237 Å². The van der Waals surface area contributed by atoms with Crippen LogP contribution in [0.3, 0.4) is 0 Å². The average Bonchev–Trinajstić information content (AvgIpc) is 2.96. The average molecular weight is 561 g/mol. The second-order valence-electron chi connectivity index (χ2n) is 10.2. The molecule has 3 aromatic carbocycles. The summed E-state index contributed by atoms with van der Waals surface area (Å²) < 4.78 is 32.6. The Morgan fingerprint density at radius 2 is 1.83 bits per heavy atom. The molecule has 9 nitrogen and oxygen atoms in total. The Morgan fingerprint density at radius 3 is 2.56 bits per heavy atom. The summed E-state index contributed by atoms with van der Waals surface area (Å²) in [5.74, 6) is -0.166. The van der Waals surface area contributed by atoms with Gasteiger partial charge in [-0.15, -0.1) is 0 Å². The number of benzene rings is 3. The molecular formula is C31H33FN4O5. The van der Waals surface area contributed by atoms with Gasteiger partial charge in [0.2, 0.25) is 0 Å². The molecular weight excluding hydrogens is 527 g/mol. The van der Waals surface area contributed by atoms with Crippen molar-refractivity contribution >= 4 is 23.3 Å². The van der Waals surface area contributed by atoms with E-state index in [0.717, 1.165) is 24.7 Å². The van der Waals surface area contributed by atoms with Crippen LogP contribution >= 0.6 is 0 Å². The first-order valence-corrected chi connectivity index (χ1v) is 13.6. The third kappa shape index (κ3) is 7.01. The van der Waals surface area contributed by atoms with Crippen LogP contribution in [-0.4, -0.2) is 63.7 Å². The van der Waals surface area contributed by atoms with Crippen molar-refractivity contribution < 1.29 is 28.2 Å². The maximum absolute atomic E-state index is 15.0. The number of carbonyl (C=O) groups is 2. The quantitative estimate of drug-likeness (QED) is 0.369. The highest BCUT2D eigenvalue weighted by atomic mass is 19.1. The molecule has 5 rings (SSSR count). The van der Waals surface area contributed by atoms with Gasteiger partial charge in [-0.2, -0.15) is 0 Å². The van der Waals surface area contributed by atoms with Crippen molar-refractivity contribution in [2.24, 2.45) is 10.9 Å². The molecule has 1 saturated heterocycles. The molecule has 0 unspecified atom stereocenters. The first kappa shape index (κ1) is 28.1. The molecule has 2 N–H and O–H groups in total. The summed E-state index contributed by atoms with van der Waals surface area (Å²) >= 11 is 0. The lowest BCUT2D eigenvalue weighted by Crippen LogP contribution is -2.46. The molecule has 3 aromatic rings. The number of fused-ring (bicyclic) bond motifs is 1. The number of methoxy groups -OCH3 is 1. The minimum absolute atomic E-state index is 0.00782. The zero-order chi connectivity index (χ0) is 28.8. The minimum Gasteiger partial charge on any atom is -0.493 e. The third-order valence-electron chi connectivity index (χ3n) is 6.99. The van der Waals surface area contributed by atoms with Gasteiger partial charge in [0.05, 0.1) is 19.1 Å². The molecule has 0 aliphatic carbocycles. The van der Waals surface area contributed by atoms with Crippen molar-refractivity contribution in [2.45, 2.75) is 12.8 Å². The fourth-order valence-corrected chi connectivity index (χ4v) is 4.86. The summed E-state index contributed by atoms with van der Waals surface area (Å²) in [6.07, 6.45) is 1.07. The van der Waals surface area contributed by atoms with Gasteiger partial charge in [-0.05, 0) is 37.2 Å². The Morgan fingerprint density at radius 1 is 1.02 bits per heavy atom. The van der Waals surface area contributed by atoms with Gasteiger partial charge < -0.3 is 29.7 Å². The Hall–Kier alpha value is -4.44. The van der Waals surface area contributed by atoms with E-state index in [2.05, 4.69) is 27.6 Å². The number of nitrogens with zero attached hydrogens (tertiary/aromatic N) is 2. The molecule has 214 valence electrons. The van der Waals surface area contributed by atoms with E-state index in [1.54, 1.807) is 13.2 Å². The van der Waals surface area contributed by atoms with Gasteiger partial charge in [0.1, 0.15) is 5.76 Å². The van der Waals surface area contributed by atoms with Crippen LogP contribution in [0.15, 0.2) is 65.7 Å². The highest BCUT2D eigenvalue weighted by Crippen LogP contribution is 2.27. The van der Waals surface area contributed by atoms with Crippen molar-refractivity contribution in [3.8, 4) is 17.2 Å². The second-order valence-corrected chi connectivity index (χ2v) is 10.2. The predicted molar refractivity (Wildman–Crippen MR) is 152 cm³/mol. The van der Waals surface area contributed by atoms with E-state index in [1.807, 2.05) is 36.4 Å². The lowest BCUT2D eigenvalue weighted by Gasteiger charge is -2.35. The molecule has 2 amide bonds. The van der Waals surface area contributed by atoms with E-state index in [4.69, 9.17) is 14.2 Å². The molecule has 2 aliphatic rings. The van der Waals surface area contributed by atoms with Crippen LogP contribution in [0, 0.1) is 11.7 Å². The molecule has 1 fully saturated rings. The van der Waals surface area contributed by atoms with Gasteiger partial charge in [0.15, 0.2) is 23.1 Å². The molecule has 0 saturated carbocycles. The summed E-state index contributed by atoms with van der Waals surface area (Å²) in [6, 6.07) is 17.3. The number of anilines is 1. The molecule has 0 bridgehead atoms. The number of likely N-dealkylation sites (tertiary alicyclic amines) is 1. The fraction of sp³-hybridized carbons (Fsp3) is 0.323. The molecule has 0 atom stereocenters. The molecule has 0 aromatic heterocycles. The summed E-state index contributed by atoms with van der Waals surface area (Å²) in [5, 5.41) is 6.39. The van der Waals surface area contributed by atoms with Crippen LogP contribution in [0.4, 0.5) is 10.1 Å². The number of hydrogen-bond donors (Lipinski definition) is 2. The number of carbonyl (C=O) groups excluding carboxylic acids is 2. The number of hydrogen-bond acceptors (Lipinski definition) is 7. The molecule has 0 spiro atoms. The van der Waals surface area contributed by atoms with Crippen molar-refractivity contribution in [2.75, 3.05) is 52.3 Å². The maximum atomic E-state index is 15.0. The van der Waals surface area contributed by atoms with E-state index >= 15 is 4.39 Å². The van der Waals surface area contributed by atoms with Crippen LogP contribution in [0.1, 0.15) is 12.0 Å². The van der Waals surface area contributed by atoms with Crippen LogP contribution in [0.2, 0.25) is 0 Å².